The Balaban J connectivity index is 1.23. The van der Waals surface area contributed by atoms with Gasteiger partial charge in [-0.2, -0.15) is 13.2 Å². The second-order valence-electron chi connectivity index (χ2n) is 7.82. The van der Waals surface area contributed by atoms with Gasteiger partial charge >= 0.3 is 6.18 Å². The molecular weight excluding hydrogens is 453 g/mol. The minimum atomic E-state index is -4.54. The van der Waals surface area contributed by atoms with Gasteiger partial charge in [0.05, 0.1) is 33.0 Å². The minimum Gasteiger partial charge on any atom is -0.340 e. The van der Waals surface area contributed by atoms with Crippen LogP contribution >= 0.6 is 11.3 Å². The van der Waals surface area contributed by atoms with Gasteiger partial charge in [0, 0.05) is 39.0 Å². The van der Waals surface area contributed by atoms with Crippen LogP contribution in [0.3, 0.4) is 0 Å². The molecule has 1 saturated heterocycles. The van der Waals surface area contributed by atoms with E-state index in [1.54, 1.807) is 16.2 Å². The van der Waals surface area contributed by atoms with Crippen LogP contribution in [0.1, 0.15) is 17.0 Å². The number of nitrogens with one attached hydrogen (secondary N) is 1. The number of hydrogen-bond acceptors (Lipinski definition) is 5. The normalized spacial score (nSPS) is 15.1. The standard InChI is InChI=1S/C23H23F3N4O2S/c24-23(25,26)16-5-1-2-6-17(16)27-20(31)15-29-11-13-30(14-12-29)22(32)10-9-21-28-18-7-3-4-8-19(18)33-21/h1-8H,9-15H2,(H,27,31). The SMILES string of the molecule is O=C(CN1CCN(C(=O)CCc2nc3ccccc3s2)CC1)Nc1ccccc1C(F)(F)F. The molecule has 2 amide bonds. The second-order valence-corrected chi connectivity index (χ2v) is 8.94. The quantitative estimate of drug-likeness (QED) is 0.584. The number of aryl methyl sites for hydroxylation is 1. The van der Waals surface area contributed by atoms with Crippen molar-refractivity contribution < 1.29 is 22.8 Å². The molecule has 3 aromatic rings. The number of aromatic nitrogens is 1. The van der Waals surface area contributed by atoms with Crippen LogP contribution in [0.15, 0.2) is 48.5 Å². The maximum absolute atomic E-state index is 13.1. The first-order valence-electron chi connectivity index (χ1n) is 10.6. The Morgan fingerprint density at radius 3 is 2.42 bits per heavy atom. The lowest BCUT2D eigenvalue weighted by molar-refractivity contribution is -0.137. The van der Waals surface area contributed by atoms with Crippen molar-refractivity contribution in [3.05, 3.63) is 59.1 Å². The lowest BCUT2D eigenvalue weighted by atomic mass is 10.1. The molecular formula is C23H23F3N4O2S. The Morgan fingerprint density at radius 2 is 1.70 bits per heavy atom. The van der Waals surface area contributed by atoms with Crippen molar-refractivity contribution in [3.63, 3.8) is 0 Å². The number of piperazine rings is 1. The summed E-state index contributed by atoms with van der Waals surface area (Å²) in [5.74, 6) is -0.472. The fourth-order valence-electron chi connectivity index (χ4n) is 3.79. The van der Waals surface area contributed by atoms with Crippen LogP contribution in [0.25, 0.3) is 10.2 Å². The third-order valence-electron chi connectivity index (χ3n) is 5.49. The molecule has 1 aliphatic heterocycles. The van der Waals surface area contributed by atoms with E-state index in [-0.39, 0.29) is 18.1 Å². The van der Waals surface area contributed by atoms with E-state index >= 15 is 0 Å². The molecule has 0 radical (unpaired) electrons. The van der Waals surface area contributed by atoms with E-state index in [2.05, 4.69) is 10.3 Å². The zero-order valence-electron chi connectivity index (χ0n) is 17.8. The third-order valence-corrected chi connectivity index (χ3v) is 6.59. The van der Waals surface area contributed by atoms with Gasteiger partial charge in [0.15, 0.2) is 0 Å². The van der Waals surface area contributed by atoms with Gasteiger partial charge in [-0.3, -0.25) is 14.5 Å². The Bertz CT molecular complexity index is 1110. The first-order chi connectivity index (χ1) is 15.8. The first kappa shape index (κ1) is 23.2. The van der Waals surface area contributed by atoms with Gasteiger partial charge in [0.1, 0.15) is 0 Å². The summed E-state index contributed by atoms with van der Waals surface area (Å²) < 4.78 is 40.4. The van der Waals surface area contributed by atoms with Gasteiger partial charge in [-0.25, -0.2) is 4.98 Å². The highest BCUT2D eigenvalue weighted by Crippen LogP contribution is 2.34. The number of anilines is 1. The number of amides is 2. The largest absolute Gasteiger partial charge is 0.418 e. The lowest BCUT2D eigenvalue weighted by Gasteiger charge is -2.34. The molecule has 0 atom stereocenters. The average molecular weight is 477 g/mol. The molecule has 1 N–H and O–H groups in total. The summed E-state index contributed by atoms with van der Waals surface area (Å²) in [6.07, 6.45) is -3.59. The van der Waals surface area contributed by atoms with Crippen molar-refractivity contribution >= 4 is 39.1 Å². The van der Waals surface area contributed by atoms with E-state index < -0.39 is 17.6 Å². The Labute approximate surface area is 193 Å². The fraction of sp³-hybridized carbons (Fsp3) is 0.348. The van der Waals surface area contributed by atoms with Gasteiger partial charge in [-0.1, -0.05) is 24.3 Å². The molecule has 0 unspecified atom stereocenters. The summed E-state index contributed by atoms with van der Waals surface area (Å²) in [4.78, 5) is 33.0. The van der Waals surface area contributed by atoms with E-state index in [0.717, 1.165) is 21.3 Å². The Morgan fingerprint density at radius 1 is 1.00 bits per heavy atom. The predicted octanol–water partition coefficient (Wildman–Crippen LogP) is 4.03. The molecule has 10 heteroatoms. The maximum Gasteiger partial charge on any atom is 0.418 e. The molecule has 0 bridgehead atoms. The smallest absolute Gasteiger partial charge is 0.340 e. The molecule has 1 aliphatic rings. The summed E-state index contributed by atoms with van der Waals surface area (Å²) in [7, 11) is 0. The van der Waals surface area contributed by atoms with Crippen molar-refractivity contribution in [3.8, 4) is 0 Å². The average Bonchev–Trinajstić information content (AvgIpc) is 3.20. The number of para-hydroxylation sites is 2. The maximum atomic E-state index is 13.1. The summed E-state index contributed by atoms with van der Waals surface area (Å²) in [6.45, 7) is 1.90. The van der Waals surface area contributed by atoms with Gasteiger partial charge in [0.2, 0.25) is 11.8 Å². The van der Waals surface area contributed by atoms with E-state index in [1.807, 2.05) is 29.2 Å². The summed E-state index contributed by atoms with van der Waals surface area (Å²) in [5, 5.41) is 3.29. The van der Waals surface area contributed by atoms with Crippen LogP contribution in [0, 0.1) is 0 Å². The van der Waals surface area contributed by atoms with Gasteiger partial charge in [-0.05, 0) is 24.3 Å². The molecule has 2 aromatic carbocycles. The van der Waals surface area contributed by atoms with Crippen molar-refractivity contribution in [1.82, 2.24) is 14.8 Å². The van der Waals surface area contributed by atoms with Crippen molar-refractivity contribution in [2.75, 3.05) is 38.0 Å². The van der Waals surface area contributed by atoms with E-state index in [9.17, 15) is 22.8 Å². The molecule has 0 spiro atoms. The molecule has 0 saturated carbocycles. The molecule has 1 aromatic heterocycles. The third kappa shape index (κ3) is 5.88. The minimum absolute atomic E-state index is 0.0279. The number of carbonyl (C=O) groups excluding carboxylic acids is 2. The summed E-state index contributed by atoms with van der Waals surface area (Å²) >= 11 is 1.59. The molecule has 0 aliphatic carbocycles. The Hall–Kier alpha value is -2.98. The highest BCUT2D eigenvalue weighted by Gasteiger charge is 2.33. The van der Waals surface area contributed by atoms with Crippen molar-refractivity contribution in [2.45, 2.75) is 19.0 Å². The lowest BCUT2D eigenvalue weighted by Crippen LogP contribution is -2.50. The Kier molecular flexibility index (Phi) is 6.94. The molecule has 4 rings (SSSR count). The summed E-state index contributed by atoms with van der Waals surface area (Å²) in [6, 6.07) is 12.8. The van der Waals surface area contributed by atoms with Crippen LogP contribution in [0.2, 0.25) is 0 Å². The number of halogens is 3. The number of fused-ring (bicyclic) bond motifs is 1. The number of thiazole rings is 1. The predicted molar refractivity (Wildman–Crippen MR) is 121 cm³/mol. The number of hydrogen-bond donors (Lipinski definition) is 1. The molecule has 174 valence electrons. The fourth-order valence-corrected chi connectivity index (χ4v) is 4.75. The van der Waals surface area contributed by atoms with Gasteiger partial charge < -0.3 is 10.2 Å². The number of nitrogens with zero attached hydrogens (tertiary/aromatic N) is 3. The van der Waals surface area contributed by atoms with Crippen LogP contribution in [-0.4, -0.2) is 59.3 Å². The van der Waals surface area contributed by atoms with Gasteiger partial charge in [-0.15, -0.1) is 11.3 Å². The van der Waals surface area contributed by atoms with Crippen LogP contribution in [0.4, 0.5) is 18.9 Å². The van der Waals surface area contributed by atoms with E-state index in [1.165, 1.54) is 18.2 Å². The molecule has 1 fully saturated rings. The zero-order chi connectivity index (χ0) is 23.4. The highest BCUT2D eigenvalue weighted by molar-refractivity contribution is 7.18. The van der Waals surface area contributed by atoms with Crippen LogP contribution in [0.5, 0.6) is 0 Å². The second kappa shape index (κ2) is 9.88. The number of carbonyl (C=O) groups is 2. The van der Waals surface area contributed by atoms with Crippen molar-refractivity contribution in [2.24, 2.45) is 0 Å². The molecule has 33 heavy (non-hydrogen) atoms. The molecule has 2 heterocycles. The van der Waals surface area contributed by atoms with Gasteiger partial charge in [0.25, 0.3) is 0 Å². The number of benzene rings is 2. The topological polar surface area (TPSA) is 65.5 Å². The van der Waals surface area contributed by atoms with Crippen molar-refractivity contribution in [1.29, 1.82) is 0 Å². The van der Waals surface area contributed by atoms with E-state index in [4.69, 9.17) is 0 Å². The zero-order valence-corrected chi connectivity index (χ0v) is 18.6. The molecule has 6 nitrogen and oxygen atoms in total. The van der Waals surface area contributed by atoms with E-state index in [0.29, 0.717) is 39.0 Å². The monoisotopic (exact) mass is 476 g/mol. The summed E-state index contributed by atoms with van der Waals surface area (Å²) in [5.41, 5.74) is -0.185. The first-order valence-corrected chi connectivity index (χ1v) is 11.4. The number of rotatable bonds is 6. The number of alkyl halides is 3. The highest BCUT2D eigenvalue weighted by atomic mass is 32.1. The van der Waals surface area contributed by atoms with Crippen LogP contribution < -0.4 is 5.32 Å². The van der Waals surface area contributed by atoms with Crippen LogP contribution in [-0.2, 0) is 22.2 Å².